The third-order valence-electron chi connectivity index (χ3n) is 9.91. The molecular weight excluding hydrogens is 598 g/mol. The van der Waals surface area contributed by atoms with E-state index in [1.54, 1.807) is 18.2 Å². The molecule has 0 radical (unpaired) electrons. The number of hydrogen-bond acceptors (Lipinski definition) is 10. The van der Waals surface area contributed by atoms with E-state index >= 15 is 0 Å². The lowest BCUT2D eigenvalue weighted by Crippen LogP contribution is -2.54. The van der Waals surface area contributed by atoms with Gasteiger partial charge in [0.2, 0.25) is 11.8 Å². The average Bonchev–Trinajstić information content (AvgIpc) is 3.63. The Hall–Kier alpha value is -5.17. The maximum atomic E-state index is 13.1. The van der Waals surface area contributed by atoms with Crippen LogP contribution in [0.25, 0.3) is 22.3 Å². The molecule has 2 aromatic carbocycles. The topological polar surface area (TPSA) is 146 Å². The van der Waals surface area contributed by atoms with Crippen molar-refractivity contribution in [3.05, 3.63) is 66.1 Å². The minimum atomic E-state index is -0.973. The van der Waals surface area contributed by atoms with Crippen molar-refractivity contribution in [3.63, 3.8) is 0 Å². The van der Waals surface area contributed by atoms with Gasteiger partial charge >= 0.3 is 0 Å². The van der Waals surface area contributed by atoms with Crippen LogP contribution in [0.5, 0.6) is 0 Å². The van der Waals surface area contributed by atoms with Gasteiger partial charge in [-0.3, -0.25) is 39.1 Å². The summed E-state index contributed by atoms with van der Waals surface area (Å²) < 4.78 is 2.02. The highest BCUT2D eigenvalue weighted by Gasteiger charge is 2.44. The number of nitrogens with one attached hydrogen (secondary N) is 2. The van der Waals surface area contributed by atoms with Crippen molar-refractivity contribution in [2.24, 2.45) is 5.92 Å². The number of piperazine rings is 1. The van der Waals surface area contributed by atoms with Crippen LogP contribution in [0.2, 0.25) is 0 Å². The summed E-state index contributed by atoms with van der Waals surface area (Å²) in [5, 5.41) is 10.3. The Bertz CT molecular complexity index is 1930. The molecule has 1 aliphatic carbocycles. The Morgan fingerprint density at radius 3 is 2.53 bits per heavy atom. The largest absolute Gasteiger partial charge is 0.385 e. The van der Waals surface area contributed by atoms with E-state index in [1.807, 2.05) is 29.3 Å². The van der Waals surface area contributed by atoms with Crippen LogP contribution < -0.4 is 15.5 Å². The van der Waals surface area contributed by atoms with Gasteiger partial charge in [0, 0.05) is 62.3 Å². The summed E-state index contributed by atoms with van der Waals surface area (Å²) in [6, 6.07) is 10.7. The zero-order valence-electron chi connectivity index (χ0n) is 26.1. The summed E-state index contributed by atoms with van der Waals surface area (Å²) in [6.45, 7) is 4.81. The van der Waals surface area contributed by atoms with Crippen molar-refractivity contribution in [1.82, 2.24) is 34.9 Å². The lowest BCUT2D eigenvalue weighted by molar-refractivity contribution is -0.136. The highest BCUT2D eigenvalue weighted by Crippen LogP contribution is 2.38. The third-order valence-corrected chi connectivity index (χ3v) is 9.91. The smallest absolute Gasteiger partial charge is 0.262 e. The number of aromatic nitrogens is 4. The van der Waals surface area contributed by atoms with Crippen LogP contribution in [0.1, 0.15) is 52.4 Å². The number of carbonyl (C=O) groups excluding carboxylic acids is 4. The number of carbonyl (C=O) groups is 4. The maximum absolute atomic E-state index is 13.1. The lowest BCUT2D eigenvalue weighted by atomic mass is 9.80. The molecule has 0 spiro atoms. The summed E-state index contributed by atoms with van der Waals surface area (Å²) in [5.41, 5.74) is 5.96. The van der Waals surface area contributed by atoms with Gasteiger partial charge in [-0.1, -0.05) is 0 Å². The van der Waals surface area contributed by atoms with E-state index < -0.39 is 29.7 Å². The van der Waals surface area contributed by atoms with Gasteiger partial charge in [-0.2, -0.15) is 5.10 Å². The molecule has 13 nitrogen and oxygen atoms in total. The first-order chi connectivity index (χ1) is 22.8. The first kappa shape index (κ1) is 29.2. The molecule has 4 amide bonds. The van der Waals surface area contributed by atoms with Crippen LogP contribution in [-0.4, -0.2) is 99.0 Å². The summed E-state index contributed by atoms with van der Waals surface area (Å²) in [6.07, 6.45) is 7.85. The second-order valence-corrected chi connectivity index (χ2v) is 13.0. The van der Waals surface area contributed by atoms with E-state index in [2.05, 4.69) is 49.7 Å². The number of nitrogens with zero attached hydrogens (tertiary/aromatic N) is 7. The fraction of sp³-hybridized carbons (Fsp3) is 0.382. The van der Waals surface area contributed by atoms with Crippen LogP contribution in [0.3, 0.4) is 0 Å². The van der Waals surface area contributed by atoms with Crippen molar-refractivity contribution in [2.45, 2.75) is 37.8 Å². The molecule has 4 aromatic rings. The highest BCUT2D eigenvalue weighted by atomic mass is 16.2. The van der Waals surface area contributed by atoms with Crippen LogP contribution in [0.15, 0.2) is 55.0 Å². The molecule has 4 aliphatic rings. The molecule has 1 saturated carbocycles. The number of amides is 4. The molecule has 5 heterocycles. The standard InChI is InChI=1S/C34H35N9O4/c1-40-8-10-41(11-9-40)23-3-5-27-28(15-23)38-29(18-36-27)21-17-37-42(19-21)24-12-20(13-24)16-35-22-2-4-25-26(14-22)34(47)43(33(25)46)30-6-7-31(44)39-32(30)45/h2-5,14-15,17-20,24,30,35H,6-13,16H2,1H3,(H,39,44,45). The molecule has 3 aliphatic heterocycles. The molecule has 2 aromatic heterocycles. The van der Waals surface area contributed by atoms with Crippen molar-refractivity contribution >= 4 is 46.0 Å². The lowest BCUT2D eigenvalue weighted by Gasteiger charge is -2.35. The van der Waals surface area contributed by atoms with Crippen LogP contribution in [0.4, 0.5) is 11.4 Å². The maximum Gasteiger partial charge on any atom is 0.262 e. The minimum absolute atomic E-state index is 0.0918. The van der Waals surface area contributed by atoms with Gasteiger partial charge in [-0.15, -0.1) is 0 Å². The molecule has 47 heavy (non-hydrogen) atoms. The van der Waals surface area contributed by atoms with Gasteiger partial charge in [-0.05, 0) is 68.6 Å². The van der Waals surface area contributed by atoms with Gasteiger partial charge in [-0.25, -0.2) is 4.98 Å². The molecule has 3 fully saturated rings. The van der Waals surface area contributed by atoms with Crippen molar-refractivity contribution in [1.29, 1.82) is 0 Å². The monoisotopic (exact) mass is 633 g/mol. The second kappa shape index (κ2) is 11.6. The Kier molecular flexibility index (Phi) is 7.20. The number of rotatable bonds is 7. The Balaban J connectivity index is 0.876. The fourth-order valence-corrected chi connectivity index (χ4v) is 7.00. The number of fused-ring (bicyclic) bond motifs is 2. The Labute approximate surface area is 270 Å². The number of benzene rings is 2. The predicted octanol–water partition coefficient (Wildman–Crippen LogP) is 2.71. The first-order valence-corrected chi connectivity index (χ1v) is 16.1. The molecule has 13 heteroatoms. The zero-order valence-corrected chi connectivity index (χ0v) is 26.1. The van der Waals surface area contributed by atoms with E-state index in [0.717, 1.165) is 71.9 Å². The number of imide groups is 2. The molecule has 240 valence electrons. The average molecular weight is 634 g/mol. The van der Waals surface area contributed by atoms with E-state index in [-0.39, 0.29) is 30.0 Å². The zero-order chi connectivity index (χ0) is 32.2. The van der Waals surface area contributed by atoms with E-state index in [9.17, 15) is 19.2 Å². The number of piperidine rings is 1. The number of hydrogen-bond donors (Lipinski definition) is 2. The molecule has 8 rings (SSSR count). The molecule has 1 atom stereocenters. The molecule has 1 unspecified atom stereocenters. The minimum Gasteiger partial charge on any atom is -0.385 e. The molecule has 2 saturated heterocycles. The van der Waals surface area contributed by atoms with Gasteiger partial charge in [0.05, 0.1) is 46.3 Å². The van der Waals surface area contributed by atoms with Gasteiger partial charge in [0.15, 0.2) is 0 Å². The normalized spacial score (nSPS) is 23.2. The van der Waals surface area contributed by atoms with Crippen molar-refractivity contribution in [2.75, 3.05) is 50.0 Å². The van der Waals surface area contributed by atoms with Crippen molar-refractivity contribution in [3.8, 4) is 11.3 Å². The fourth-order valence-electron chi connectivity index (χ4n) is 7.00. The summed E-state index contributed by atoms with van der Waals surface area (Å²) in [7, 11) is 2.16. The first-order valence-electron chi connectivity index (χ1n) is 16.1. The van der Waals surface area contributed by atoms with E-state index in [1.165, 1.54) is 5.69 Å². The highest BCUT2D eigenvalue weighted by molar-refractivity contribution is 6.23. The third kappa shape index (κ3) is 5.39. The van der Waals surface area contributed by atoms with E-state index in [0.29, 0.717) is 12.5 Å². The summed E-state index contributed by atoms with van der Waals surface area (Å²) >= 11 is 0. The van der Waals surface area contributed by atoms with Crippen LogP contribution in [0, 0.1) is 5.92 Å². The quantitative estimate of drug-likeness (QED) is 0.292. The van der Waals surface area contributed by atoms with Crippen LogP contribution in [-0.2, 0) is 9.59 Å². The second-order valence-electron chi connectivity index (χ2n) is 13.0. The summed E-state index contributed by atoms with van der Waals surface area (Å²) in [4.78, 5) is 65.3. The van der Waals surface area contributed by atoms with Gasteiger partial charge < -0.3 is 15.1 Å². The van der Waals surface area contributed by atoms with Crippen molar-refractivity contribution < 1.29 is 19.2 Å². The van der Waals surface area contributed by atoms with E-state index in [4.69, 9.17) is 4.98 Å². The molecular formula is C34H35N9O4. The Morgan fingerprint density at radius 1 is 0.915 bits per heavy atom. The van der Waals surface area contributed by atoms with Gasteiger partial charge in [0.1, 0.15) is 6.04 Å². The number of likely N-dealkylation sites (N-methyl/N-ethyl adjacent to an activating group) is 1. The molecule has 2 N–H and O–H groups in total. The van der Waals surface area contributed by atoms with Crippen LogP contribution >= 0.6 is 0 Å². The van der Waals surface area contributed by atoms with Gasteiger partial charge in [0.25, 0.3) is 11.8 Å². The Morgan fingerprint density at radius 2 is 1.72 bits per heavy atom. The number of anilines is 2. The summed E-state index contributed by atoms with van der Waals surface area (Å²) in [5.74, 6) is -1.59. The molecule has 0 bridgehead atoms. The predicted molar refractivity (Wildman–Crippen MR) is 174 cm³/mol. The SMILES string of the molecule is CN1CCN(c2ccc3ncc(-c4cnn(C5CC(CNc6ccc7c(c6)C(=O)N(C6CCC(=O)NC6=O)C7=O)C5)c4)nc3c2)CC1.